The van der Waals surface area contributed by atoms with Crippen molar-refractivity contribution in [2.45, 2.75) is 51.3 Å². The summed E-state index contributed by atoms with van der Waals surface area (Å²) >= 11 is 5.80. The van der Waals surface area contributed by atoms with Gasteiger partial charge in [0.15, 0.2) is 0 Å². The van der Waals surface area contributed by atoms with Crippen molar-refractivity contribution < 1.29 is 27.1 Å². The van der Waals surface area contributed by atoms with Crippen LogP contribution in [0.5, 0.6) is 0 Å². The van der Waals surface area contributed by atoms with Gasteiger partial charge in [0.2, 0.25) is 0 Å². The number of halogens is 5. The van der Waals surface area contributed by atoms with Crippen LogP contribution in [0.1, 0.15) is 38.6 Å². The fourth-order valence-electron chi connectivity index (χ4n) is 2.33. The zero-order valence-electron chi connectivity index (χ0n) is 13.9. The first-order valence-corrected chi connectivity index (χ1v) is 8.00. The van der Waals surface area contributed by atoms with Gasteiger partial charge < -0.3 is 4.74 Å². The maximum atomic E-state index is 13.9. The molecule has 25 heavy (non-hydrogen) atoms. The van der Waals surface area contributed by atoms with Crippen LogP contribution in [0.25, 0.3) is 11.0 Å². The summed E-state index contributed by atoms with van der Waals surface area (Å²) in [5, 5.41) is 0. The van der Waals surface area contributed by atoms with E-state index in [2.05, 4.69) is 4.98 Å². The predicted octanol–water partition coefficient (Wildman–Crippen LogP) is 5.19. The minimum Gasteiger partial charge on any atom is -0.443 e. The Morgan fingerprint density at radius 3 is 2.44 bits per heavy atom. The minimum absolute atomic E-state index is 0.0297. The van der Waals surface area contributed by atoms with Crippen LogP contribution in [-0.2, 0) is 17.0 Å². The van der Waals surface area contributed by atoms with Crippen LogP contribution in [0.4, 0.5) is 22.4 Å². The van der Waals surface area contributed by atoms with E-state index in [1.165, 1.54) is 0 Å². The van der Waals surface area contributed by atoms with Crippen molar-refractivity contribution in [3.05, 3.63) is 29.3 Å². The third-order valence-electron chi connectivity index (χ3n) is 3.25. The molecule has 0 amide bonds. The van der Waals surface area contributed by atoms with Gasteiger partial charge in [-0.2, -0.15) is 13.2 Å². The van der Waals surface area contributed by atoms with Gasteiger partial charge in [-0.25, -0.2) is 18.7 Å². The molecule has 0 aliphatic heterocycles. The number of aryl methyl sites for hydroxylation is 1. The molecule has 1 heterocycles. The number of nitrogens with zero attached hydrogens (tertiary/aromatic N) is 2. The number of hydrogen-bond donors (Lipinski definition) is 0. The van der Waals surface area contributed by atoms with Crippen molar-refractivity contribution in [3.8, 4) is 0 Å². The molecule has 1 aromatic heterocycles. The smallest absolute Gasteiger partial charge is 0.420 e. The lowest BCUT2D eigenvalue weighted by molar-refractivity contribution is -0.133. The fraction of sp³-hybridized carbons (Fsp3) is 0.500. The number of fused-ring (bicyclic) bond motifs is 1. The number of rotatable bonds is 3. The van der Waals surface area contributed by atoms with E-state index in [0.29, 0.717) is 0 Å². The third kappa shape index (κ3) is 4.84. The van der Waals surface area contributed by atoms with E-state index in [1.54, 1.807) is 20.8 Å². The molecule has 0 N–H and O–H groups in total. The van der Waals surface area contributed by atoms with Gasteiger partial charge in [-0.1, -0.05) is 0 Å². The lowest BCUT2D eigenvalue weighted by atomic mass is 10.1. The molecule has 0 aliphatic carbocycles. The third-order valence-corrected chi connectivity index (χ3v) is 3.49. The molecule has 4 nitrogen and oxygen atoms in total. The van der Waals surface area contributed by atoms with Crippen LogP contribution in [0.2, 0.25) is 0 Å². The number of aromatic nitrogens is 2. The number of carbonyl (C=O) groups excluding carboxylic acids is 1. The van der Waals surface area contributed by atoms with Crippen LogP contribution in [-0.4, -0.2) is 27.4 Å². The van der Waals surface area contributed by atoms with Gasteiger partial charge in [0.05, 0.1) is 16.9 Å². The quantitative estimate of drug-likeness (QED) is 0.543. The molecule has 0 saturated carbocycles. The number of ether oxygens (including phenoxy) is 1. The van der Waals surface area contributed by atoms with Crippen LogP contribution in [0.15, 0.2) is 12.1 Å². The molecule has 9 heteroatoms. The molecule has 0 aliphatic rings. The van der Waals surface area contributed by atoms with E-state index in [-0.39, 0.29) is 28.3 Å². The SMILES string of the molecule is CC(C)(C)OC(=O)n1c(CCl)nc2c(CCC(F)(F)F)cc(F)cc21. The van der Waals surface area contributed by atoms with Gasteiger partial charge in [-0.05, 0) is 38.8 Å². The average molecular weight is 381 g/mol. The molecule has 0 unspecified atom stereocenters. The number of alkyl halides is 4. The van der Waals surface area contributed by atoms with Crippen LogP contribution in [0.3, 0.4) is 0 Å². The highest BCUT2D eigenvalue weighted by molar-refractivity contribution is 6.17. The molecule has 0 radical (unpaired) electrons. The molecule has 138 valence electrons. The van der Waals surface area contributed by atoms with Crippen LogP contribution < -0.4 is 0 Å². The number of hydrogen-bond acceptors (Lipinski definition) is 3. The van der Waals surface area contributed by atoms with Crippen molar-refractivity contribution in [1.82, 2.24) is 9.55 Å². The first kappa shape index (κ1) is 19.5. The Hall–Kier alpha value is -1.83. The first-order valence-electron chi connectivity index (χ1n) is 7.47. The van der Waals surface area contributed by atoms with Crippen molar-refractivity contribution in [3.63, 3.8) is 0 Å². The highest BCUT2D eigenvalue weighted by Gasteiger charge is 2.29. The normalized spacial score (nSPS) is 12.6. The molecular formula is C16H17ClF4N2O2. The maximum absolute atomic E-state index is 13.9. The average Bonchev–Trinajstić information content (AvgIpc) is 2.80. The fourth-order valence-corrected chi connectivity index (χ4v) is 2.50. The molecule has 0 fully saturated rings. The number of imidazole rings is 1. The van der Waals surface area contributed by atoms with Gasteiger partial charge in [-0.15, -0.1) is 11.6 Å². The molecule has 1 aromatic carbocycles. The summed E-state index contributed by atoms with van der Waals surface area (Å²) in [6.07, 6.45) is -6.79. The predicted molar refractivity (Wildman–Crippen MR) is 85.3 cm³/mol. The van der Waals surface area contributed by atoms with Crippen molar-refractivity contribution in [2.75, 3.05) is 0 Å². The largest absolute Gasteiger partial charge is 0.443 e. The van der Waals surface area contributed by atoms with Crippen molar-refractivity contribution >= 4 is 28.7 Å². The Kier molecular flexibility index (Phi) is 5.32. The molecule has 0 atom stereocenters. The van der Waals surface area contributed by atoms with Crippen LogP contribution in [0, 0.1) is 5.82 Å². The van der Waals surface area contributed by atoms with Gasteiger partial charge in [0.1, 0.15) is 17.2 Å². The first-order chi connectivity index (χ1) is 11.4. The Morgan fingerprint density at radius 1 is 1.28 bits per heavy atom. The molecule has 0 saturated heterocycles. The second-order valence-electron chi connectivity index (χ2n) is 6.53. The topological polar surface area (TPSA) is 44.1 Å². The highest BCUT2D eigenvalue weighted by Crippen LogP contribution is 2.28. The Bertz CT molecular complexity index is 794. The minimum atomic E-state index is -4.39. The zero-order chi connectivity index (χ0) is 19.0. The van der Waals surface area contributed by atoms with Crippen molar-refractivity contribution in [2.24, 2.45) is 0 Å². The lowest BCUT2D eigenvalue weighted by Crippen LogP contribution is -2.28. The summed E-state index contributed by atoms with van der Waals surface area (Å²) in [4.78, 5) is 16.5. The van der Waals surface area contributed by atoms with Gasteiger partial charge >= 0.3 is 12.3 Å². The second-order valence-corrected chi connectivity index (χ2v) is 6.79. The number of benzene rings is 1. The summed E-state index contributed by atoms with van der Waals surface area (Å²) in [5.41, 5.74) is -0.626. The Balaban J connectivity index is 2.56. The lowest BCUT2D eigenvalue weighted by Gasteiger charge is -2.20. The Morgan fingerprint density at radius 2 is 1.92 bits per heavy atom. The summed E-state index contributed by atoms with van der Waals surface area (Å²) < 4.78 is 57.6. The Labute approximate surface area is 146 Å². The summed E-state index contributed by atoms with van der Waals surface area (Å²) in [5.74, 6) is -0.880. The summed E-state index contributed by atoms with van der Waals surface area (Å²) in [6.45, 7) is 4.96. The van der Waals surface area contributed by atoms with Crippen LogP contribution >= 0.6 is 11.6 Å². The van der Waals surface area contributed by atoms with Gasteiger partial charge in [0, 0.05) is 12.5 Å². The highest BCUT2D eigenvalue weighted by atomic mass is 35.5. The second kappa shape index (κ2) is 6.82. The van der Waals surface area contributed by atoms with Gasteiger partial charge in [0.25, 0.3) is 0 Å². The van der Waals surface area contributed by atoms with E-state index in [1.807, 2.05) is 0 Å². The number of carbonyl (C=O) groups is 1. The molecule has 2 aromatic rings. The maximum Gasteiger partial charge on any atom is 0.420 e. The van der Waals surface area contributed by atoms with E-state index in [9.17, 15) is 22.4 Å². The summed E-state index contributed by atoms with van der Waals surface area (Å²) in [6, 6.07) is 2.01. The molecule has 0 spiro atoms. The van der Waals surface area contributed by atoms with E-state index in [0.717, 1.165) is 16.7 Å². The van der Waals surface area contributed by atoms with Gasteiger partial charge in [-0.3, -0.25) is 0 Å². The van der Waals surface area contributed by atoms with Crippen molar-refractivity contribution in [1.29, 1.82) is 0 Å². The standard InChI is InChI=1S/C16H17ClF4N2O2/c1-15(2,3)25-14(24)23-11-7-10(18)6-9(4-5-16(19,20)21)13(11)22-12(23)8-17/h6-7H,4-5,8H2,1-3H3. The molecule has 2 rings (SSSR count). The molecule has 0 bridgehead atoms. The summed E-state index contributed by atoms with van der Waals surface area (Å²) in [7, 11) is 0. The monoisotopic (exact) mass is 380 g/mol. The molecular weight excluding hydrogens is 364 g/mol. The van der Waals surface area contributed by atoms with E-state index in [4.69, 9.17) is 16.3 Å². The van der Waals surface area contributed by atoms with E-state index >= 15 is 0 Å². The zero-order valence-corrected chi connectivity index (χ0v) is 14.6. The van der Waals surface area contributed by atoms with E-state index < -0.39 is 36.5 Å².